The van der Waals surface area contributed by atoms with E-state index < -0.39 is 16.1 Å². The molecule has 4 rings (SSSR count). The normalized spacial score (nSPS) is 25.2. The van der Waals surface area contributed by atoms with Crippen molar-refractivity contribution in [1.82, 2.24) is 14.2 Å². The Balaban J connectivity index is 1.73. The molecule has 2 aliphatic heterocycles. The third kappa shape index (κ3) is 4.08. The molecule has 1 aromatic carbocycles. The van der Waals surface area contributed by atoms with E-state index in [1.54, 1.807) is 11.1 Å². The number of halogens is 2. The van der Waals surface area contributed by atoms with Gasteiger partial charge in [0.25, 0.3) is 0 Å². The molecule has 0 radical (unpaired) electrons. The summed E-state index contributed by atoms with van der Waals surface area (Å²) in [5.41, 5.74) is 0.783. The first-order valence-corrected chi connectivity index (χ1v) is 12.2. The Morgan fingerprint density at radius 2 is 1.87 bits per heavy atom. The number of pyridine rings is 1. The largest absolute Gasteiger partial charge is 0.335 e. The molecule has 6 nitrogen and oxygen atoms in total. The van der Waals surface area contributed by atoms with Crippen molar-refractivity contribution in [1.29, 1.82) is 0 Å². The van der Waals surface area contributed by atoms with Gasteiger partial charge in [-0.05, 0) is 55.5 Å². The molecule has 160 valence electrons. The first kappa shape index (κ1) is 21.6. The van der Waals surface area contributed by atoms with E-state index >= 15 is 0 Å². The van der Waals surface area contributed by atoms with Crippen LogP contribution in [-0.4, -0.2) is 47.1 Å². The molecule has 0 N–H and O–H groups in total. The highest BCUT2D eigenvalue weighted by Crippen LogP contribution is 2.38. The van der Waals surface area contributed by atoms with Gasteiger partial charge in [0.1, 0.15) is 6.04 Å². The van der Waals surface area contributed by atoms with Crippen molar-refractivity contribution in [3.05, 3.63) is 58.3 Å². The average molecular weight is 468 g/mol. The zero-order chi connectivity index (χ0) is 21.5. The number of carbonyl (C=O) groups excluding carboxylic acids is 1. The monoisotopic (exact) mass is 467 g/mol. The quantitative estimate of drug-likeness (QED) is 0.681. The topological polar surface area (TPSA) is 70.6 Å². The molecule has 2 unspecified atom stereocenters. The zero-order valence-electron chi connectivity index (χ0n) is 16.5. The summed E-state index contributed by atoms with van der Waals surface area (Å²) in [6, 6.07) is 8.86. The van der Waals surface area contributed by atoms with E-state index in [0.29, 0.717) is 19.5 Å². The fourth-order valence-corrected chi connectivity index (χ4v) is 7.17. The lowest BCUT2D eigenvalue weighted by molar-refractivity contribution is -0.135. The maximum Gasteiger partial charge on any atom is 0.244 e. The Kier molecular flexibility index (Phi) is 6.08. The van der Waals surface area contributed by atoms with Crippen molar-refractivity contribution in [3.8, 4) is 0 Å². The predicted molar refractivity (Wildman–Crippen MR) is 116 cm³/mol. The fraction of sp³-hybridized carbons (Fsp3) is 0.429. The molecule has 1 aromatic heterocycles. The van der Waals surface area contributed by atoms with E-state index in [2.05, 4.69) is 4.98 Å². The molecule has 0 aliphatic carbocycles. The number of aromatic nitrogens is 1. The Morgan fingerprint density at radius 3 is 2.53 bits per heavy atom. The molecule has 2 fully saturated rings. The number of nitrogens with zero attached hydrogens (tertiary/aromatic N) is 3. The van der Waals surface area contributed by atoms with Gasteiger partial charge >= 0.3 is 0 Å². The lowest BCUT2D eigenvalue weighted by Gasteiger charge is -2.40. The molecular weight excluding hydrogens is 445 g/mol. The summed E-state index contributed by atoms with van der Waals surface area (Å²) >= 11 is 12.1. The standard InChI is InChI=1S/C21H23Cl2N3O3S/c1-14-12-25(13-17-5-2-3-8-24-17)21(27)20-7-4-6-19(14)26(20)30(28,29)18-10-15(22)9-16(23)11-18/h2-3,5,8-11,14,19-20H,4,6-7,12-13H2,1H3/t14-,19?,20?/m0/s1. The van der Waals surface area contributed by atoms with Gasteiger partial charge in [0.05, 0.1) is 17.1 Å². The molecule has 3 atom stereocenters. The molecule has 2 aromatic rings. The maximum absolute atomic E-state index is 13.6. The molecule has 9 heteroatoms. The van der Waals surface area contributed by atoms with Crippen molar-refractivity contribution in [2.75, 3.05) is 6.54 Å². The van der Waals surface area contributed by atoms with Crippen molar-refractivity contribution in [2.24, 2.45) is 5.92 Å². The SMILES string of the molecule is C[C@H]1CN(Cc2ccccn2)C(=O)C2CCCC1N2S(=O)(=O)c1cc(Cl)cc(Cl)c1. The summed E-state index contributed by atoms with van der Waals surface area (Å²) in [5.74, 6) is -0.196. The minimum Gasteiger partial charge on any atom is -0.335 e. The Labute approximate surface area is 186 Å². The molecule has 0 saturated carbocycles. The van der Waals surface area contributed by atoms with Crippen LogP contribution in [0, 0.1) is 5.92 Å². The van der Waals surface area contributed by atoms with Gasteiger partial charge in [-0.25, -0.2) is 8.42 Å². The summed E-state index contributed by atoms with van der Waals surface area (Å²) in [4.78, 5) is 19.6. The van der Waals surface area contributed by atoms with Crippen LogP contribution in [0.3, 0.4) is 0 Å². The summed E-state index contributed by atoms with van der Waals surface area (Å²) in [6.07, 6.45) is 3.72. The lowest BCUT2D eigenvalue weighted by atomic mass is 9.92. The molecule has 0 spiro atoms. The van der Waals surface area contributed by atoms with Crippen LogP contribution >= 0.6 is 23.2 Å². The van der Waals surface area contributed by atoms with Crippen molar-refractivity contribution in [2.45, 2.75) is 49.7 Å². The van der Waals surface area contributed by atoms with Crippen LogP contribution in [0.25, 0.3) is 0 Å². The number of benzene rings is 1. The Morgan fingerprint density at radius 1 is 1.13 bits per heavy atom. The van der Waals surface area contributed by atoms with Crippen LogP contribution in [-0.2, 0) is 21.4 Å². The van der Waals surface area contributed by atoms with Crippen molar-refractivity contribution in [3.63, 3.8) is 0 Å². The predicted octanol–water partition coefficient (Wildman–Crippen LogP) is 3.98. The van der Waals surface area contributed by atoms with Crippen LogP contribution in [0.2, 0.25) is 10.0 Å². The number of hydrogen-bond donors (Lipinski definition) is 0. The van der Waals surface area contributed by atoms with Gasteiger partial charge in [0, 0.05) is 28.8 Å². The van der Waals surface area contributed by atoms with E-state index in [1.165, 1.54) is 22.5 Å². The van der Waals surface area contributed by atoms with Crippen LogP contribution in [0.1, 0.15) is 31.9 Å². The summed E-state index contributed by atoms with van der Waals surface area (Å²) in [6.45, 7) is 2.85. The van der Waals surface area contributed by atoms with Gasteiger partial charge in [-0.2, -0.15) is 4.31 Å². The second kappa shape index (κ2) is 8.46. The number of hydrogen-bond acceptors (Lipinski definition) is 4. The Bertz CT molecular complexity index is 1030. The Hall–Kier alpha value is -1.67. The van der Waals surface area contributed by atoms with Gasteiger partial charge in [-0.3, -0.25) is 9.78 Å². The minimum atomic E-state index is -3.95. The molecule has 2 bridgehead atoms. The molecule has 2 saturated heterocycles. The second-order valence-electron chi connectivity index (χ2n) is 7.97. The highest BCUT2D eigenvalue weighted by Gasteiger charge is 2.49. The summed E-state index contributed by atoms with van der Waals surface area (Å²) < 4.78 is 28.7. The van der Waals surface area contributed by atoms with Crippen LogP contribution in [0.4, 0.5) is 0 Å². The fourth-order valence-electron chi connectivity index (χ4n) is 4.52. The van der Waals surface area contributed by atoms with E-state index in [9.17, 15) is 13.2 Å². The van der Waals surface area contributed by atoms with E-state index in [4.69, 9.17) is 23.2 Å². The van der Waals surface area contributed by atoms with Crippen molar-refractivity contribution < 1.29 is 13.2 Å². The molecular formula is C21H23Cl2N3O3S. The number of sulfonamides is 1. The highest BCUT2D eigenvalue weighted by molar-refractivity contribution is 7.89. The lowest BCUT2D eigenvalue weighted by Crippen LogP contribution is -2.54. The average Bonchev–Trinajstić information content (AvgIpc) is 2.77. The zero-order valence-corrected chi connectivity index (χ0v) is 18.9. The first-order valence-electron chi connectivity index (χ1n) is 9.95. The van der Waals surface area contributed by atoms with Crippen molar-refractivity contribution >= 4 is 39.1 Å². The number of piperidine rings is 1. The molecule has 1 amide bonds. The maximum atomic E-state index is 13.6. The van der Waals surface area contributed by atoms with Gasteiger partial charge < -0.3 is 4.90 Å². The smallest absolute Gasteiger partial charge is 0.244 e. The number of carbonyl (C=O) groups is 1. The van der Waals surface area contributed by atoms with Gasteiger partial charge in [-0.15, -0.1) is 0 Å². The minimum absolute atomic E-state index is 0.0209. The number of amides is 1. The van der Waals surface area contributed by atoms with E-state index in [-0.39, 0.29) is 32.8 Å². The third-order valence-electron chi connectivity index (χ3n) is 5.86. The van der Waals surface area contributed by atoms with Crippen LogP contribution in [0.15, 0.2) is 47.5 Å². The van der Waals surface area contributed by atoms with Gasteiger partial charge in [0.15, 0.2) is 0 Å². The van der Waals surface area contributed by atoms with Gasteiger partial charge in [-0.1, -0.05) is 36.2 Å². The number of fused-ring (bicyclic) bond motifs is 2. The summed E-state index contributed by atoms with van der Waals surface area (Å²) in [5, 5.41) is 0.495. The number of rotatable bonds is 4. The highest BCUT2D eigenvalue weighted by atomic mass is 35.5. The molecule has 30 heavy (non-hydrogen) atoms. The first-order chi connectivity index (χ1) is 14.3. The van der Waals surface area contributed by atoms with Crippen LogP contribution in [0.5, 0.6) is 0 Å². The third-order valence-corrected chi connectivity index (χ3v) is 8.21. The second-order valence-corrected chi connectivity index (χ2v) is 10.7. The van der Waals surface area contributed by atoms with E-state index in [1.807, 2.05) is 25.1 Å². The van der Waals surface area contributed by atoms with Crippen LogP contribution < -0.4 is 0 Å². The molecule has 3 heterocycles. The molecule has 2 aliphatic rings. The van der Waals surface area contributed by atoms with Gasteiger partial charge in [0.2, 0.25) is 15.9 Å². The summed E-state index contributed by atoms with van der Waals surface area (Å²) in [7, 11) is -3.95. The van der Waals surface area contributed by atoms with E-state index in [0.717, 1.165) is 18.5 Å².